The minimum atomic E-state index is -0.609. The van der Waals surface area contributed by atoms with Gasteiger partial charge in [0.1, 0.15) is 0 Å². The number of primary amides is 1. The number of aromatic nitrogens is 3. The molecule has 2 aromatic heterocycles. The average Bonchev–Trinajstić information content (AvgIpc) is 3.46. The fraction of sp³-hybridized carbons (Fsp3) is 0.421. The first kappa shape index (κ1) is 18.8. The van der Waals surface area contributed by atoms with E-state index in [2.05, 4.69) is 25.6 Å². The smallest absolute Gasteiger partial charge is 0.271 e. The van der Waals surface area contributed by atoms with Crippen LogP contribution in [0.2, 0.25) is 0 Å². The predicted octanol–water partition coefficient (Wildman–Crippen LogP) is 1.83. The Labute approximate surface area is 158 Å². The highest BCUT2D eigenvalue weighted by molar-refractivity contribution is 5.96. The van der Waals surface area contributed by atoms with Gasteiger partial charge in [-0.25, -0.2) is 9.97 Å². The van der Waals surface area contributed by atoms with E-state index >= 15 is 0 Å². The van der Waals surface area contributed by atoms with Crippen LogP contribution >= 0.6 is 0 Å². The van der Waals surface area contributed by atoms with Gasteiger partial charge < -0.3 is 16.4 Å². The topological polar surface area (TPSA) is 123 Å². The summed E-state index contributed by atoms with van der Waals surface area (Å²) in [6.07, 6.45) is 5.18. The highest BCUT2D eigenvalue weighted by atomic mass is 16.1. The summed E-state index contributed by atoms with van der Waals surface area (Å²) < 4.78 is 0. The number of nitrogens with zero attached hydrogens (tertiary/aromatic N) is 3. The first-order valence-electron chi connectivity index (χ1n) is 9.15. The maximum Gasteiger partial charge on any atom is 0.271 e. The predicted molar refractivity (Wildman–Crippen MR) is 102 cm³/mol. The van der Waals surface area contributed by atoms with Gasteiger partial charge in [-0.3, -0.25) is 14.6 Å². The molecule has 27 heavy (non-hydrogen) atoms. The lowest BCUT2D eigenvalue weighted by molar-refractivity contribution is -0.118. The SMILES string of the molecule is CCc1nc(C(N)=O)c(Nc2ccnc(CCNC(C)=O)c2)nc1C1CC1. The molecule has 8 heteroatoms. The first-order chi connectivity index (χ1) is 13.0. The van der Waals surface area contributed by atoms with Crippen molar-refractivity contribution in [1.82, 2.24) is 20.3 Å². The molecule has 142 valence electrons. The van der Waals surface area contributed by atoms with Gasteiger partial charge in [-0.15, -0.1) is 0 Å². The van der Waals surface area contributed by atoms with Crippen LogP contribution in [0.15, 0.2) is 18.3 Å². The van der Waals surface area contributed by atoms with E-state index in [9.17, 15) is 9.59 Å². The van der Waals surface area contributed by atoms with Crippen LogP contribution in [0.1, 0.15) is 60.2 Å². The first-order valence-corrected chi connectivity index (χ1v) is 9.15. The summed E-state index contributed by atoms with van der Waals surface area (Å²) in [5.74, 6) is 0.109. The van der Waals surface area contributed by atoms with Crippen molar-refractivity contribution >= 4 is 23.3 Å². The molecular formula is C19H24N6O2. The second kappa shape index (κ2) is 8.11. The molecule has 0 bridgehead atoms. The summed E-state index contributed by atoms with van der Waals surface area (Å²) in [5.41, 5.74) is 9.01. The maximum atomic E-state index is 11.9. The molecule has 3 rings (SSSR count). The number of hydrogen-bond donors (Lipinski definition) is 3. The van der Waals surface area contributed by atoms with Crippen molar-refractivity contribution in [2.75, 3.05) is 11.9 Å². The molecule has 8 nitrogen and oxygen atoms in total. The fourth-order valence-electron chi connectivity index (χ4n) is 2.88. The van der Waals surface area contributed by atoms with Crippen LogP contribution < -0.4 is 16.4 Å². The van der Waals surface area contributed by atoms with Gasteiger partial charge in [0, 0.05) is 43.4 Å². The number of nitrogens with two attached hydrogens (primary N) is 1. The number of amides is 2. The number of nitrogens with one attached hydrogen (secondary N) is 2. The van der Waals surface area contributed by atoms with Crippen molar-refractivity contribution in [2.24, 2.45) is 5.73 Å². The van der Waals surface area contributed by atoms with Crippen LogP contribution in [-0.2, 0) is 17.6 Å². The third-order valence-electron chi connectivity index (χ3n) is 4.37. The molecule has 0 aliphatic heterocycles. The van der Waals surface area contributed by atoms with Gasteiger partial charge in [0.25, 0.3) is 5.91 Å². The van der Waals surface area contributed by atoms with Crippen molar-refractivity contribution in [2.45, 2.75) is 45.4 Å². The molecule has 0 spiro atoms. The van der Waals surface area contributed by atoms with E-state index in [0.29, 0.717) is 31.1 Å². The largest absolute Gasteiger partial charge is 0.364 e. The second-order valence-corrected chi connectivity index (χ2v) is 6.64. The molecule has 0 aromatic carbocycles. The quantitative estimate of drug-likeness (QED) is 0.653. The summed E-state index contributed by atoms with van der Waals surface area (Å²) in [7, 11) is 0. The van der Waals surface area contributed by atoms with Crippen LogP contribution in [-0.4, -0.2) is 33.3 Å². The molecule has 0 radical (unpaired) electrons. The molecule has 0 unspecified atom stereocenters. The van der Waals surface area contributed by atoms with Crippen LogP contribution in [0.25, 0.3) is 0 Å². The van der Waals surface area contributed by atoms with E-state index in [1.807, 2.05) is 13.0 Å². The van der Waals surface area contributed by atoms with Gasteiger partial charge >= 0.3 is 0 Å². The third kappa shape index (κ3) is 4.78. The lowest BCUT2D eigenvalue weighted by Crippen LogP contribution is -2.22. The molecule has 1 aliphatic rings. The fourth-order valence-corrected chi connectivity index (χ4v) is 2.88. The van der Waals surface area contributed by atoms with Gasteiger partial charge in [-0.05, 0) is 31.4 Å². The second-order valence-electron chi connectivity index (χ2n) is 6.64. The van der Waals surface area contributed by atoms with E-state index < -0.39 is 5.91 Å². The van der Waals surface area contributed by atoms with E-state index in [1.165, 1.54) is 6.92 Å². The molecule has 2 amide bonds. The monoisotopic (exact) mass is 368 g/mol. The Bertz CT molecular complexity index is 863. The number of anilines is 2. The number of carbonyl (C=O) groups excluding carboxylic acids is 2. The molecule has 0 atom stereocenters. The van der Waals surface area contributed by atoms with Gasteiger partial charge in [-0.1, -0.05) is 6.92 Å². The van der Waals surface area contributed by atoms with Crippen molar-refractivity contribution in [1.29, 1.82) is 0 Å². The van der Waals surface area contributed by atoms with E-state index in [1.54, 1.807) is 12.3 Å². The van der Waals surface area contributed by atoms with Gasteiger partial charge in [0.15, 0.2) is 11.5 Å². The van der Waals surface area contributed by atoms with Crippen LogP contribution in [0.4, 0.5) is 11.5 Å². The molecule has 1 aliphatic carbocycles. The summed E-state index contributed by atoms with van der Waals surface area (Å²) in [6, 6.07) is 3.65. The van der Waals surface area contributed by atoms with Gasteiger partial charge in [-0.2, -0.15) is 0 Å². The lowest BCUT2D eigenvalue weighted by atomic mass is 10.1. The van der Waals surface area contributed by atoms with E-state index in [-0.39, 0.29) is 11.6 Å². The van der Waals surface area contributed by atoms with E-state index in [4.69, 9.17) is 5.73 Å². The van der Waals surface area contributed by atoms with Crippen LogP contribution in [0.5, 0.6) is 0 Å². The van der Waals surface area contributed by atoms with Crippen molar-refractivity contribution in [3.63, 3.8) is 0 Å². The molecule has 0 saturated heterocycles. The van der Waals surface area contributed by atoms with E-state index in [0.717, 1.165) is 35.6 Å². The lowest BCUT2D eigenvalue weighted by Gasteiger charge is -2.14. The zero-order valence-electron chi connectivity index (χ0n) is 15.6. The van der Waals surface area contributed by atoms with Crippen molar-refractivity contribution in [3.8, 4) is 0 Å². The Hall–Kier alpha value is -3.03. The maximum absolute atomic E-state index is 11.9. The number of rotatable bonds is 8. The molecular weight excluding hydrogens is 344 g/mol. The molecule has 2 heterocycles. The van der Waals surface area contributed by atoms with Crippen molar-refractivity contribution < 1.29 is 9.59 Å². The third-order valence-corrected chi connectivity index (χ3v) is 4.37. The highest BCUT2D eigenvalue weighted by Gasteiger charge is 2.30. The molecule has 4 N–H and O–H groups in total. The molecule has 1 fully saturated rings. The number of pyridine rings is 1. The summed E-state index contributed by atoms with van der Waals surface area (Å²) >= 11 is 0. The Morgan fingerprint density at radius 3 is 2.70 bits per heavy atom. The Balaban J connectivity index is 1.85. The molecule has 2 aromatic rings. The minimum Gasteiger partial charge on any atom is -0.364 e. The summed E-state index contributed by atoms with van der Waals surface area (Å²) in [6.45, 7) is 3.99. The molecule has 1 saturated carbocycles. The minimum absolute atomic E-state index is 0.0747. The standard InChI is InChI=1S/C19H24N6O2/c1-3-15-16(12-4-5-12)25-19(17(24-15)18(20)27)23-14-7-9-22-13(10-14)6-8-21-11(2)26/h7,9-10,12H,3-6,8H2,1-2H3,(H2,20,27)(H,21,26)(H,22,23,25). The number of aryl methyl sites for hydroxylation is 1. The average molecular weight is 368 g/mol. The zero-order chi connectivity index (χ0) is 19.4. The number of carbonyl (C=O) groups is 2. The van der Waals surface area contributed by atoms with Crippen LogP contribution in [0.3, 0.4) is 0 Å². The number of hydrogen-bond acceptors (Lipinski definition) is 6. The summed E-state index contributed by atoms with van der Waals surface area (Å²) in [5, 5.41) is 5.91. The van der Waals surface area contributed by atoms with Gasteiger partial charge in [0.2, 0.25) is 5.91 Å². The Morgan fingerprint density at radius 2 is 2.07 bits per heavy atom. The Kier molecular flexibility index (Phi) is 5.63. The highest BCUT2D eigenvalue weighted by Crippen LogP contribution is 2.41. The van der Waals surface area contributed by atoms with Crippen LogP contribution in [0, 0.1) is 0 Å². The normalized spacial score (nSPS) is 13.3. The Morgan fingerprint density at radius 1 is 1.30 bits per heavy atom. The van der Waals surface area contributed by atoms with Crippen molar-refractivity contribution in [3.05, 3.63) is 41.1 Å². The summed E-state index contributed by atoms with van der Waals surface area (Å²) in [4.78, 5) is 36.3. The van der Waals surface area contributed by atoms with Gasteiger partial charge in [0.05, 0.1) is 11.4 Å². The zero-order valence-corrected chi connectivity index (χ0v) is 15.6.